The summed E-state index contributed by atoms with van der Waals surface area (Å²) in [6.07, 6.45) is 6.35. The fraction of sp³-hybridized carbons (Fsp3) is 0.533. The van der Waals surface area contributed by atoms with E-state index in [-0.39, 0.29) is 11.9 Å². The third-order valence-corrected chi connectivity index (χ3v) is 8.34. The average Bonchev–Trinajstić information content (AvgIpc) is 2.97. The predicted molar refractivity (Wildman–Crippen MR) is 153 cm³/mol. The molecule has 2 aromatic rings. The topological polar surface area (TPSA) is 85.1 Å². The Morgan fingerprint density at radius 1 is 0.895 bits per heavy atom. The van der Waals surface area contributed by atoms with Gasteiger partial charge in [0.1, 0.15) is 0 Å². The lowest BCUT2D eigenvalue weighted by atomic mass is 9.93. The number of carbonyl (C=O) groups excluding carboxylic acids is 2. The van der Waals surface area contributed by atoms with Crippen LogP contribution in [-0.4, -0.2) is 86.7 Å². The molecule has 5 rings (SSSR count). The highest BCUT2D eigenvalue weighted by Crippen LogP contribution is 2.36. The molecule has 0 atom stereocenters. The summed E-state index contributed by atoms with van der Waals surface area (Å²) in [4.78, 5) is 34.9. The van der Waals surface area contributed by atoms with Crippen LogP contribution in [0.1, 0.15) is 48.0 Å². The van der Waals surface area contributed by atoms with Crippen LogP contribution >= 0.6 is 0 Å². The number of piperazine rings is 2. The maximum absolute atomic E-state index is 13.4. The number of benzene rings is 2. The third-order valence-electron chi connectivity index (χ3n) is 8.34. The average molecular weight is 519 g/mol. The summed E-state index contributed by atoms with van der Waals surface area (Å²) >= 11 is 0. The number of rotatable bonds is 7. The minimum atomic E-state index is -0.425. The summed E-state index contributed by atoms with van der Waals surface area (Å²) in [6.45, 7) is 7.74. The van der Waals surface area contributed by atoms with E-state index in [4.69, 9.17) is 5.73 Å². The van der Waals surface area contributed by atoms with Crippen LogP contribution in [0.15, 0.2) is 48.5 Å². The van der Waals surface area contributed by atoms with Gasteiger partial charge in [0.15, 0.2) is 0 Å². The van der Waals surface area contributed by atoms with E-state index in [1.54, 1.807) is 4.90 Å². The summed E-state index contributed by atoms with van der Waals surface area (Å²) in [5, 5.41) is 3.31. The zero-order valence-electron chi connectivity index (χ0n) is 22.5. The van der Waals surface area contributed by atoms with Crippen LogP contribution in [0.4, 0.5) is 16.2 Å². The van der Waals surface area contributed by atoms with E-state index in [2.05, 4.69) is 45.4 Å². The van der Waals surface area contributed by atoms with Gasteiger partial charge < -0.3 is 20.9 Å². The van der Waals surface area contributed by atoms with Crippen LogP contribution in [-0.2, 0) is 6.42 Å². The summed E-state index contributed by atoms with van der Waals surface area (Å²) < 4.78 is 0. The molecular formula is C30H42N6O2. The number of nitrogens with zero attached hydrogens (tertiary/aromatic N) is 4. The number of hydrogen-bond donors (Lipinski definition) is 2. The van der Waals surface area contributed by atoms with Gasteiger partial charge in [-0.25, -0.2) is 4.79 Å². The van der Waals surface area contributed by atoms with Crippen molar-refractivity contribution >= 4 is 23.3 Å². The van der Waals surface area contributed by atoms with Crippen molar-refractivity contribution in [2.24, 2.45) is 5.73 Å². The summed E-state index contributed by atoms with van der Waals surface area (Å²) in [6, 6.07) is 16.2. The second kappa shape index (κ2) is 12.6. The molecule has 204 valence electrons. The van der Waals surface area contributed by atoms with Crippen molar-refractivity contribution < 1.29 is 9.59 Å². The molecule has 3 fully saturated rings. The Morgan fingerprint density at radius 2 is 1.61 bits per heavy atom. The zero-order valence-corrected chi connectivity index (χ0v) is 22.5. The van der Waals surface area contributed by atoms with Crippen molar-refractivity contribution in [2.45, 2.75) is 44.6 Å². The normalized spacial score (nSPS) is 19.4. The largest absolute Gasteiger partial charge is 0.367 e. The first kappa shape index (κ1) is 26.5. The molecule has 2 saturated heterocycles. The Hall–Kier alpha value is -3.10. The third kappa shape index (κ3) is 6.30. The molecule has 3 aliphatic rings. The minimum absolute atomic E-state index is 0.0260. The van der Waals surface area contributed by atoms with Gasteiger partial charge in [0.25, 0.3) is 5.91 Å². The SMILES string of the molecule is NC(=O)N(c1cc(C(=O)N2CCNCC2)ccc1N1CCN(CCc2ccccc2)CC1)C1CCCCC1. The van der Waals surface area contributed by atoms with Gasteiger partial charge in [0.2, 0.25) is 0 Å². The second-order valence-corrected chi connectivity index (χ2v) is 10.8. The van der Waals surface area contributed by atoms with Crippen molar-refractivity contribution in [1.82, 2.24) is 15.1 Å². The molecule has 1 aliphatic carbocycles. The zero-order chi connectivity index (χ0) is 26.3. The van der Waals surface area contributed by atoms with Crippen LogP contribution < -0.4 is 20.9 Å². The smallest absolute Gasteiger partial charge is 0.319 e. The monoisotopic (exact) mass is 518 g/mol. The lowest BCUT2D eigenvalue weighted by Crippen LogP contribution is -2.49. The maximum atomic E-state index is 13.4. The van der Waals surface area contributed by atoms with Gasteiger partial charge in [-0.05, 0) is 43.0 Å². The molecule has 2 aliphatic heterocycles. The standard InChI is InChI=1S/C30H42N6O2/c31-30(38)36(26-9-5-2-6-10-26)28-23-25(29(37)35-17-14-32-15-18-35)11-12-27(28)34-21-19-33(20-22-34)16-13-24-7-3-1-4-8-24/h1,3-4,7-8,11-12,23,26,32H,2,5-6,9-10,13-22H2,(H2,31,38). The first-order valence-corrected chi connectivity index (χ1v) is 14.3. The quantitative estimate of drug-likeness (QED) is 0.588. The molecule has 8 nitrogen and oxygen atoms in total. The highest BCUT2D eigenvalue weighted by Gasteiger charge is 2.31. The Kier molecular flexibility index (Phi) is 8.81. The van der Waals surface area contributed by atoms with E-state index in [0.717, 1.165) is 89.3 Å². The van der Waals surface area contributed by atoms with Crippen LogP contribution in [0, 0.1) is 0 Å². The molecule has 3 N–H and O–H groups in total. The molecule has 8 heteroatoms. The van der Waals surface area contributed by atoms with Gasteiger partial charge in [-0.3, -0.25) is 14.6 Å². The van der Waals surface area contributed by atoms with Crippen molar-refractivity contribution in [1.29, 1.82) is 0 Å². The van der Waals surface area contributed by atoms with Gasteiger partial charge in [-0.2, -0.15) is 0 Å². The summed E-state index contributed by atoms with van der Waals surface area (Å²) in [5.41, 5.74) is 9.84. The van der Waals surface area contributed by atoms with E-state index >= 15 is 0 Å². The van der Waals surface area contributed by atoms with Gasteiger partial charge in [-0.1, -0.05) is 49.6 Å². The summed E-state index contributed by atoms with van der Waals surface area (Å²) in [5.74, 6) is 0.0260. The maximum Gasteiger partial charge on any atom is 0.319 e. The number of nitrogens with two attached hydrogens (primary N) is 1. The molecular weight excluding hydrogens is 476 g/mol. The molecule has 38 heavy (non-hydrogen) atoms. The van der Waals surface area contributed by atoms with Crippen molar-refractivity contribution in [3.8, 4) is 0 Å². The molecule has 1 saturated carbocycles. The number of urea groups is 1. The molecule has 0 radical (unpaired) electrons. The van der Waals surface area contributed by atoms with Crippen LogP contribution in [0.25, 0.3) is 0 Å². The van der Waals surface area contributed by atoms with Gasteiger partial charge >= 0.3 is 6.03 Å². The van der Waals surface area contributed by atoms with Gasteiger partial charge in [0, 0.05) is 70.5 Å². The van der Waals surface area contributed by atoms with Crippen molar-refractivity contribution in [3.63, 3.8) is 0 Å². The van der Waals surface area contributed by atoms with Crippen LogP contribution in [0.3, 0.4) is 0 Å². The fourth-order valence-electron chi connectivity index (χ4n) is 6.15. The van der Waals surface area contributed by atoms with Crippen molar-refractivity contribution in [2.75, 3.05) is 68.7 Å². The van der Waals surface area contributed by atoms with E-state index in [0.29, 0.717) is 18.7 Å². The Labute approximate surface area is 226 Å². The van der Waals surface area contributed by atoms with E-state index < -0.39 is 6.03 Å². The number of carbonyl (C=O) groups is 2. The van der Waals surface area contributed by atoms with E-state index in [1.807, 2.05) is 23.1 Å². The molecule has 3 amide bonds. The Balaban J connectivity index is 1.36. The van der Waals surface area contributed by atoms with E-state index in [1.165, 1.54) is 12.0 Å². The highest BCUT2D eigenvalue weighted by atomic mass is 16.2. The second-order valence-electron chi connectivity index (χ2n) is 10.8. The Bertz CT molecular complexity index is 1070. The van der Waals surface area contributed by atoms with Crippen LogP contribution in [0.2, 0.25) is 0 Å². The lowest BCUT2D eigenvalue weighted by molar-refractivity contribution is 0.0736. The Morgan fingerprint density at radius 3 is 2.29 bits per heavy atom. The molecule has 0 spiro atoms. The van der Waals surface area contributed by atoms with Gasteiger partial charge in [0.05, 0.1) is 11.4 Å². The first-order chi connectivity index (χ1) is 18.6. The molecule has 0 unspecified atom stereocenters. The number of primary amides is 1. The van der Waals surface area contributed by atoms with Crippen molar-refractivity contribution in [3.05, 3.63) is 59.7 Å². The van der Waals surface area contributed by atoms with Gasteiger partial charge in [-0.15, -0.1) is 0 Å². The summed E-state index contributed by atoms with van der Waals surface area (Å²) in [7, 11) is 0. The molecule has 0 bridgehead atoms. The fourth-order valence-corrected chi connectivity index (χ4v) is 6.15. The number of hydrogen-bond acceptors (Lipinski definition) is 5. The molecule has 2 heterocycles. The molecule has 2 aromatic carbocycles. The number of anilines is 2. The lowest BCUT2D eigenvalue weighted by Gasteiger charge is -2.40. The first-order valence-electron chi connectivity index (χ1n) is 14.3. The van der Waals surface area contributed by atoms with Crippen LogP contribution in [0.5, 0.6) is 0 Å². The number of nitrogens with one attached hydrogen (secondary N) is 1. The minimum Gasteiger partial charge on any atom is -0.367 e. The predicted octanol–water partition coefficient (Wildman–Crippen LogP) is 3.31. The molecule has 0 aromatic heterocycles. The van der Waals surface area contributed by atoms with E-state index in [9.17, 15) is 9.59 Å². The highest BCUT2D eigenvalue weighted by molar-refractivity contribution is 6.00. The number of amides is 3.